The number of nitrogens with one attached hydrogen (secondary N) is 2. The molecule has 1 amide bonds. The van der Waals surface area contributed by atoms with Crippen molar-refractivity contribution in [3.63, 3.8) is 0 Å². The van der Waals surface area contributed by atoms with E-state index < -0.39 is 13.9 Å². The van der Waals surface area contributed by atoms with Gasteiger partial charge in [-0.1, -0.05) is 18.2 Å². The fourth-order valence-corrected chi connectivity index (χ4v) is 4.54. The second kappa shape index (κ2) is 8.33. The Morgan fingerprint density at radius 3 is 2.53 bits per heavy atom. The van der Waals surface area contributed by atoms with Gasteiger partial charge in [-0.3, -0.25) is 9.32 Å². The standard InChI is InChI=1S/C22H27N4O5P/c1-12-6-5-7-13(2)18(12)9-23-21-20-17(14(3)15(4)24-20)8-19(25-21)22(27)26-10-16(11-26)31-32(28,29)30/h5-8,16,24H,9-11H2,1-4H3,(H,23,25)(H2,28,29,30). The molecule has 0 spiro atoms. The molecule has 1 aliphatic heterocycles. The highest BCUT2D eigenvalue weighted by molar-refractivity contribution is 7.46. The van der Waals surface area contributed by atoms with Crippen molar-refractivity contribution in [2.75, 3.05) is 18.4 Å². The third-order valence-electron chi connectivity index (χ3n) is 6.02. The predicted molar refractivity (Wildman–Crippen MR) is 122 cm³/mol. The number of carbonyl (C=O) groups is 1. The second-order valence-corrected chi connectivity index (χ2v) is 9.50. The summed E-state index contributed by atoms with van der Waals surface area (Å²) in [7, 11) is -4.57. The van der Waals surface area contributed by atoms with E-state index in [9.17, 15) is 9.36 Å². The molecule has 1 saturated heterocycles. The van der Waals surface area contributed by atoms with Gasteiger partial charge in [0.25, 0.3) is 5.91 Å². The van der Waals surface area contributed by atoms with E-state index in [0.717, 1.165) is 22.2 Å². The number of carbonyl (C=O) groups excluding carboxylic acids is 1. The van der Waals surface area contributed by atoms with Crippen molar-refractivity contribution in [3.8, 4) is 0 Å². The number of rotatable bonds is 6. The van der Waals surface area contributed by atoms with E-state index in [0.29, 0.717) is 12.4 Å². The molecule has 4 rings (SSSR count). The molecule has 0 unspecified atom stereocenters. The lowest BCUT2D eigenvalue weighted by Gasteiger charge is -2.38. The largest absolute Gasteiger partial charge is 0.469 e. The molecule has 1 fully saturated rings. The molecule has 0 bridgehead atoms. The summed E-state index contributed by atoms with van der Waals surface area (Å²) in [6.07, 6.45) is -0.679. The second-order valence-electron chi connectivity index (χ2n) is 8.31. The van der Waals surface area contributed by atoms with E-state index in [1.54, 1.807) is 6.07 Å². The summed E-state index contributed by atoms with van der Waals surface area (Å²) in [5.74, 6) is 0.291. The lowest BCUT2D eigenvalue weighted by Crippen LogP contribution is -2.54. The first kappa shape index (κ1) is 22.5. The number of H-pyrrole nitrogens is 1. The average Bonchev–Trinajstić information content (AvgIpc) is 2.97. The molecular weight excluding hydrogens is 431 g/mol. The van der Waals surface area contributed by atoms with Crippen molar-refractivity contribution >= 4 is 30.5 Å². The minimum atomic E-state index is -4.57. The van der Waals surface area contributed by atoms with Crippen LogP contribution in [0, 0.1) is 27.7 Å². The van der Waals surface area contributed by atoms with Gasteiger partial charge in [-0.2, -0.15) is 0 Å². The molecule has 3 aromatic rings. The van der Waals surface area contributed by atoms with Gasteiger partial charge in [0.2, 0.25) is 0 Å². The number of anilines is 1. The molecule has 1 aromatic carbocycles. The number of aromatic nitrogens is 2. The summed E-state index contributed by atoms with van der Waals surface area (Å²) >= 11 is 0. The van der Waals surface area contributed by atoms with Gasteiger partial charge >= 0.3 is 7.82 Å². The summed E-state index contributed by atoms with van der Waals surface area (Å²) in [5, 5.41) is 4.31. The van der Waals surface area contributed by atoms with Crippen LogP contribution in [-0.4, -0.2) is 49.8 Å². The van der Waals surface area contributed by atoms with Crippen LogP contribution in [0.5, 0.6) is 0 Å². The number of likely N-dealkylation sites (tertiary alicyclic amines) is 1. The van der Waals surface area contributed by atoms with Gasteiger partial charge in [-0.05, 0) is 56.0 Å². The number of phosphoric acid groups is 1. The fraction of sp³-hybridized carbons (Fsp3) is 0.364. The maximum atomic E-state index is 13.0. The lowest BCUT2D eigenvalue weighted by atomic mass is 10.0. The first-order valence-corrected chi connectivity index (χ1v) is 11.9. The van der Waals surface area contributed by atoms with Crippen molar-refractivity contribution in [2.45, 2.75) is 40.3 Å². The van der Waals surface area contributed by atoms with Crippen molar-refractivity contribution < 1.29 is 23.7 Å². The Labute approximate surface area is 186 Å². The molecular formula is C22H27N4O5P. The van der Waals surface area contributed by atoms with Crippen LogP contribution in [0.2, 0.25) is 0 Å². The number of benzene rings is 1. The van der Waals surface area contributed by atoms with Gasteiger partial charge in [0.15, 0.2) is 5.82 Å². The summed E-state index contributed by atoms with van der Waals surface area (Å²) < 4.78 is 15.6. The molecule has 0 aliphatic carbocycles. The van der Waals surface area contributed by atoms with Gasteiger partial charge in [0.1, 0.15) is 11.8 Å². The topological polar surface area (TPSA) is 128 Å². The third-order valence-corrected chi connectivity index (χ3v) is 6.59. The van der Waals surface area contributed by atoms with E-state index in [1.807, 2.05) is 19.9 Å². The number of nitrogens with zero attached hydrogens (tertiary/aromatic N) is 2. The monoisotopic (exact) mass is 458 g/mol. The van der Waals surface area contributed by atoms with E-state index in [1.165, 1.54) is 21.6 Å². The first-order chi connectivity index (χ1) is 15.0. The number of fused-ring (bicyclic) bond motifs is 1. The van der Waals surface area contributed by atoms with Gasteiger partial charge in [0, 0.05) is 30.7 Å². The van der Waals surface area contributed by atoms with Crippen molar-refractivity contribution in [1.29, 1.82) is 0 Å². The van der Waals surface area contributed by atoms with Crippen LogP contribution in [0.1, 0.15) is 38.4 Å². The van der Waals surface area contributed by atoms with Crippen molar-refractivity contribution in [3.05, 3.63) is 57.9 Å². The molecule has 0 atom stereocenters. The zero-order valence-electron chi connectivity index (χ0n) is 18.5. The zero-order valence-corrected chi connectivity index (χ0v) is 19.4. The van der Waals surface area contributed by atoms with Gasteiger partial charge in [-0.25, -0.2) is 9.55 Å². The highest BCUT2D eigenvalue weighted by atomic mass is 31.2. The van der Waals surface area contributed by atoms with Crippen LogP contribution in [0.4, 0.5) is 5.82 Å². The Morgan fingerprint density at radius 1 is 1.25 bits per heavy atom. The smallest absolute Gasteiger partial charge is 0.364 e. The van der Waals surface area contributed by atoms with Gasteiger partial charge in [-0.15, -0.1) is 0 Å². The first-order valence-electron chi connectivity index (χ1n) is 10.4. The van der Waals surface area contributed by atoms with E-state index in [-0.39, 0.29) is 24.7 Å². The Morgan fingerprint density at radius 2 is 1.91 bits per heavy atom. The highest BCUT2D eigenvalue weighted by Gasteiger charge is 2.37. The van der Waals surface area contributed by atoms with E-state index in [2.05, 4.69) is 45.8 Å². The lowest BCUT2D eigenvalue weighted by molar-refractivity contribution is 0.00440. The summed E-state index contributed by atoms with van der Waals surface area (Å²) in [6, 6.07) is 7.92. The number of pyridine rings is 1. The minimum Gasteiger partial charge on any atom is -0.364 e. The summed E-state index contributed by atoms with van der Waals surface area (Å²) in [4.78, 5) is 40.3. The number of amides is 1. The molecule has 0 saturated carbocycles. The molecule has 4 N–H and O–H groups in total. The SMILES string of the molecule is Cc1cccc(C)c1CNc1nc(C(=O)N2CC(OP(=O)(O)O)C2)cc2c(C)c(C)[nH]c12. The quantitative estimate of drug-likeness (QED) is 0.417. The summed E-state index contributed by atoms with van der Waals surface area (Å²) in [6.45, 7) is 8.89. The number of phosphoric ester groups is 1. The van der Waals surface area contributed by atoms with Gasteiger partial charge in [0.05, 0.1) is 5.52 Å². The predicted octanol–water partition coefficient (Wildman–Crippen LogP) is 3.34. The van der Waals surface area contributed by atoms with E-state index in [4.69, 9.17) is 9.79 Å². The minimum absolute atomic E-state index is 0.111. The molecule has 3 heterocycles. The number of aryl methyl sites for hydroxylation is 4. The number of hydrogen-bond acceptors (Lipinski definition) is 5. The van der Waals surface area contributed by atoms with Crippen LogP contribution < -0.4 is 5.32 Å². The van der Waals surface area contributed by atoms with Crippen molar-refractivity contribution in [1.82, 2.24) is 14.9 Å². The van der Waals surface area contributed by atoms with Crippen LogP contribution in [-0.2, 0) is 15.6 Å². The van der Waals surface area contributed by atoms with Crippen LogP contribution in [0.3, 0.4) is 0 Å². The molecule has 10 heteroatoms. The highest BCUT2D eigenvalue weighted by Crippen LogP contribution is 2.39. The fourth-order valence-electron chi connectivity index (χ4n) is 4.01. The Kier molecular flexibility index (Phi) is 5.85. The maximum Gasteiger partial charge on any atom is 0.469 e. The average molecular weight is 458 g/mol. The Hall–Kier alpha value is -2.71. The molecule has 32 heavy (non-hydrogen) atoms. The van der Waals surface area contributed by atoms with Gasteiger partial charge < -0.3 is 25.0 Å². The zero-order chi connectivity index (χ0) is 23.2. The van der Waals surface area contributed by atoms with Crippen LogP contribution >= 0.6 is 7.82 Å². The normalized spacial score (nSPS) is 14.6. The Balaban J connectivity index is 1.61. The molecule has 170 valence electrons. The number of hydrogen-bond donors (Lipinski definition) is 4. The number of aromatic amines is 1. The van der Waals surface area contributed by atoms with Crippen LogP contribution in [0.25, 0.3) is 10.9 Å². The maximum absolute atomic E-state index is 13.0. The molecule has 1 aliphatic rings. The van der Waals surface area contributed by atoms with Crippen LogP contribution in [0.15, 0.2) is 24.3 Å². The summed E-state index contributed by atoms with van der Waals surface area (Å²) in [5.41, 5.74) is 6.69. The van der Waals surface area contributed by atoms with E-state index >= 15 is 0 Å². The molecule has 9 nitrogen and oxygen atoms in total. The molecule has 0 radical (unpaired) electrons. The third kappa shape index (κ3) is 4.42. The van der Waals surface area contributed by atoms with Crippen molar-refractivity contribution in [2.24, 2.45) is 0 Å². The molecule has 2 aromatic heterocycles. The Bertz CT molecular complexity index is 1220.